The lowest BCUT2D eigenvalue weighted by Gasteiger charge is -2.31. The number of amides is 1. The minimum absolute atomic E-state index is 0. The second kappa shape index (κ2) is 7.38. The number of halogens is 1. The average Bonchev–Trinajstić information content (AvgIpc) is 2.46. The van der Waals surface area contributed by atoms with Crippen LogP contribution in [0, 0.1) is 17.0 Å². The second-order valence-electron chi connectivity index (χ2n) is 5.13. The van der Waals surface area contributed by atoms with Crippen molar-refractivity contribution in [2.45, 2.75) is 25.8 Å². The number of likely N-dealkylation sites (tertiary alicyclic amines) is 1. The molecule has 1 amide bonds. The lowest BCUT2D eigenvalue weighted by atomic mass is 10.0. The highest BCUT2D eigenvalue weighted by Crippen LogP contribution is 2.23. The van der Waals surface area contributed by atoms with E-state index in [1.54, 1.807) is 17.0 Å². The standard InChI is InChI=1S/C14H19N3O3.ClH/c1-10-3-4-13(17(19)20)12(9-10)14(18)16-7-5-11(15-2)6-8-16;/h3-4,9,11,15H,5-8H2,1-2H3;1H. The number of carbonyl (C=O) groups is 1. The molecule has 0 radical (unpaired) electrons. The number of nitrogens with zero attached hydrogens (tertiary/aromatic N) is 2. The van der Waals surface area contributed by atoms with Gasteiger partial charge in [0.2, 0.25) is 0 Å². The molecule has 116 valence electrons. The molecule has 1 aromatic rings. The Morgan fingerprint density at radius 1 is 1.38 bits per heavy atom. The molecule has 1 fully saturated rings. The molecule has 2 rings (SSSR count). The molecule has 1 heterocycles. The normalized spacial score (nSPS) is 15.4. The Labute approximate surface area is 130 Å². The number of nitro groups is 1. The van der Waals surface area contributed by atoms with Crippen molar-refractivity contribution in [2.24, 2.45) is 0 Å². The van der Waals surface area contributed by atoms with Gasteiger partial charge in [0.25, 0.3) is 11.6 Å². The third-order valence-corrected chi connectivity index (χ3v) is 3.77. The highest BCUT2D eigenvalue weighted by molar-refractivity contribution is 5.98. The first-order chi connectivity index (χ1) is 9.52. The van der Waals surface area contributed by atoms with E-state index in [0.29, 0.717) is 19.1 Å². The van der Waals surface area contributed by atoms with E-state index in [-0.39, 0.29) is 29.6 Å². The van der Waals surface area contributed by atoms with Gasteiger partial charge in [-0.05, 0) is 38.4 Å². The molecule has 1 N–H and O–H groups in total. The number of carbonyl (C=O) groups excluding carboxylic acids is 1. The summed E-state index contributed by atoms with van der Waals surface area (Å²) in [5.74, 6) is -0.241. The SMILES string of the molecule is CNC1CCN(C(=O)c2cc(C)ccc2[N+](=O)[O-])CC1.Cl. The fourth-order valence-corrected chi connectivity index (χ4v) is 2.52. The molecule has 0 bridgehead atoms. The van der Waals surface area contributed by atoms with Gasteiger partial charge in [-0.2, -0.15) is 0 Å². The quantitative estimate of drug-likeness (QED) is 0.685. The van der Waals surface area contributed by atoms with Crippen LogP contribution in [0.1, 0.15) is 28.8 Å². The third kappa shape index (κ3) is 3.92. The van der Waals surface area contributed by atoms with Gasteiger partial charge in [-0.15, -0.1) is 12.4 Å². The first-order valence-corrected chi connectivity index (χ1v) is 6.74. The highest BCUT2D eigenvalue weighted by Gasteiger charge is 2.27. The number of benzene rings is 1. The monoisotopic (exact) mass is 313 g/mol. The van der Waals surface area contributed by atoms with Crippen LogP contribution < -0.4 is 5.32 Å². The number of aryl methyl sites for hydroxylation is 1. The van der Waals surface area contributed by atoms with Crippen LogP contribution >= 0.6 is 12.4 Å². The van der Waals surface area contributed by atoms with E-state index < -0.39 is 4.92 Å². The lowest BCUT2D eigenvalue weighted by molar-refractivity contribution is -0.385. The molecule has 0 atom stereocenters. The van der Waals surface area contributed by atoms with Crippen molar-refractivity contribution in [3.05, 3.63) is 39.4 Å². The van der Waals surface area contributed by atoms with Crippen LogP contribution in [0.25, 0.3) is 0 Å². The van der Waals surface area contributed by atoms with Gasteiger partial charge in [-0.25, -0.2) is 0 Å². The summed E-state index contributed by atoms with van der Waals surface area (Å²) >= 11 is 0. The van der Waals surface area contributed by atoms with Gasteiger partial charge in [0.05, 0.1) is 4.92 Å². The molecule has 7 heteroatoms. The van der Waals surface area contributed by atoms with Crippen molar-refractivity contribution in [3.63, 3.8) is 0 Å². The Bertz CT molecular complexity index is 528. The molecule has 21 heavy (non-hydrogen) atoms. The summed E-state index contributed by atoms with van der Waals surface area (Å²) in [6.45, 7) is 3.10. The van der Waals surface area contributed by atoms with Crippen molar-refractivity contribution in [1.29, 1.82) is 0 Å². The first kappa shape index (κ1) is 17.4. The zero-order valence-corrected chi connectivity index (χ0v) is 13.0. The second-order valence-corrected chi connectivity index (χ2v) is 5.13. The van der Waals surface area contributed by atoms with Gasteiger partial charge in [0, 0.05) is 25.2 Å². The summed E-state index contributed by atoms with van der Waals surface area (Å²) in [5.41, 5.74) is 0.929. The molecule has 1 aliphatic heterocycles. The van der Waals surface area contributed by atoms with E-state index in [0.717, 1.165) is 18.4 Å². The van der Waals surface area contributed by atoms with E-state index in [9.17, 15) is 14.9 Å². The fourth-order valence-electron chi connectivity index (χ4n) is 2.52. The van der Waals surface area contributed by atoms with Crippen LogP contribution in [0.3, 0.4) is 0 Å². The summed E-state index contributed by atoms with van der Waals surface area (Å²) in [5, 5.41) is 14.2. The van der Waals surface area contributed by atoms with Crippen LogP contribution in [0.4, 0.5) is 5.69 Å². The lowest BCUT2D eigenvalue weighted by Crippen LogP contribution is -2.44. The Kier molecular flexibility index (Phi) is 6.11. The van der Waals surface area contributed by atoms with Crippen molar-refractivity contribution in [1.82, 2.24) is 10.2 Å². The Balaban J connectivity index is 0.00000220. The van der Waals surface area contributed by atoms with Crippen molar-refractivity contribution < 1.29 is 9.72 Å². The van der Waals surface area contributed by atoms with E-state index >= 15 is 0 Å². The molecule has 1 saturated heterocycles. The zero-order chi connectivity index (χ0) is 14.7. The topological polar surface area (TPSA) is 75.5 Å². The molecule has 1 aromatic carbocycles. The maximum Gasteiger partial charge on any atom is 0.282 e. The predicted molar refractivity (Wildman–Crippen MR) is 83.1 cm³/mol. The van der Waals surface area contributed by atoms with Crippen molar-refractivity contribution in [2.75, 3.05) is 20.1 Å². The number of nitro benzene ring substituents is 1. The molecule has 0 saturated carbocycles. The Morgan fingerprint density at radius 3 is 2.52 bits per heavy atom. The molecule has 0 unspecified atom stereocenters. The van der Waals surface area contributed by atoms with Crippen molar-refractivity contribution >= 4 is 24.0 Å². The van der Waals surface area contributed by atoms with Crippen molar-refractivity contribution in [3.8, 4) is 0 Å². The summed E-state index contributed by atoms with van der Waals surface area (Å²) in [6.07, 6.45) is 1.75. The summed E-state index contributed by atoms with van der Waals surface area (Å²) in [7, 11) is 1.91. The number of hydrogen-bond donors (Lipinski definition) is 1. The summed E-state index contributed by atoms with van der Waals surface area (Å²) in [4.78, 5) is 24.7. The van der Waals surface area contributed by atoms with E-state index in [2.05, 4.69) is 5.32 Å². The minimum atomic E-state index is -0.493. The highest BCUT2D eigenvalue weighted by atomic mass is 35.5. The first-order valence-electron chi connectivity index (χ1n) is 6.74. The summed E-state index contributed by atoms with van der Waals surface area (Å²) in [6, 6.07) is 5.09. The number of hydrogen-bond acceptors (Lipinski definition) is 4. The van der Waals surface area contributed by atoms with Gasteiger partial charge in [-0.1, -0.05) is 6.07 Å². The van der Waals surface area contributed by atoms with Gasteiger partial charge in [-0.3, -0.25) is 14.9 Å². The molecular formula is C14H20ClN3O3. The molecule has 0 aliphatic carbocycles. The third-order valence-electron chi connectivity index (χ3n) is 3.77. The van der Waals surface area contributed by atoms with Gasteiger partial charge in [0.15, 0.2) is 0 Å². The maximum absolute atomic E-state index is 12.5. The van der Waals surface area contributed by atoms with Gasteiger partial charge >= 0.3 is 0 Å². The van der Waals surface area contributed by atoms with Crippen LogP contribution in [0.5, 0.6) is 0 Å². The fraction of sp³-hybridized carbons (Fsp3) is 0.500. The molecule has 1 aliphatic rings. The molecule has 6 nitrogen and oxygen atoms in total. The number of nitrogens with one attached hydrogen (secondary N) is 1. The molecule has 0 spiro atoms. The Hall–Kier alpha value is -1.66. The van der Waals surface area contributed by atoms with Gasteiger partial charge < -0.3 is 10.2 Å². The molecule has 0 aromatic heterocycles. The molecular weight excluding hydrogens is 294 g/mol. The largest absolute Gasteiger partial charge is 0.338 e. The van der Waals surface area contributed by atoms with Gasteiger partial charge in [0.1, 0.15) is 5.56 Å². The van der Waals surface area contributed by atoms with E-state index in [4.69, 9.17) is 0 Å². The number of piperidine rings is 1. The van der Waals surface area contributed by atoms with E-state index in [1.807, 2.05) is 14.0 Å². The minimum Gasteiger partial charge on any atom is -0.338 e. The maximum atomic E-state index is 12.5. The number of rotatable bonds is 3. The van der Waals surface area contributed by atoms with Crippen LogP contribution in [-0.2, 0) is 0 Å². The zero-order valence-electron chi connectivity index (χ0n) is 12.2. The summed E-state index contributed by atoms with van der Waals surface area (Å²) < 4.78 is 0. The smallest absolute Gasteiger partial charge is 0.282 e. The Morgan fingerprint density at radius 2 is 2.00 bits per heavy atom. The van der Waals surface area contributed by atoms with Crippen LogP contribution in [-0.4, -0.2) is 41.9 Å². The predicted octanol–water partition coefficient (Wildman–Crippen LogP) is 2.15. The van der Waals surface area contributed by atoms with Crippen LogP contribution in [0.15, 0.2) is 18.2 Å². The van der Waals surface area contributed by atoms with E-state index in [1.165, 1.54) is 6.07 Å². The van der Waals surface area contributed by atoms with Crippen LogP contribution in [0.2, 0.25) is 0 Å². The average molecular weight is 314 g/mol.